The average Bonchev–Trinajstić information content (AvgIpc) is 2.59. The standard InChI is InChI=1S/C19H20F3NO2/c20-19(21,22)16-9-11-17(12-10-16)25-14-13-23-18(24)8-4-7-15-5-2-1-3-6-15/h1-3,5-6,9-12H,4,7-8,13-14H2,(H,23,24). The van der Waals surface area contributed by atoms with Gasteiger partial charge in [0.05, 0.1) is 12.1 Å². The van der Waals surface area contributed by atoms with E-state index >= 15 is 0 Å². The van der Waals surface area contributed by atoms with Gasteiger partial charge in [0, 0.05) is 6.42 Å². The number of carbonyl (C=O) groups is 1. The van der Waals surface area contributed by atoms with E-state index in [1.807, 2.05) is 30.3 Å². The molecule has 0 aliphatic heterocycles. The molecule has 3 nitrogen and oxygen atoms in total. The number of nitrogens with one attached hydrogen (secondary N) is 1. The zero-order chi connectivity index (χ0) is 18.1. The van der Waals surface area contributed by atoms with Crippen molar-refractivity contribution >= 4 is 5.91 Å². The van der Waals surface area contributed by atoms with E-state index in [0.717, 1.165) is 25.0 Å². The first-order chi connectivity index (χ1) is 11.9. The third-order valence-electron chi connectivity index (χ3n) is 3.59. The smallest absolute Gasteiger partial charge is 0.416 e. The third kappa shape index (κ3) is 6.87. The molecule has 2 aromatic rings. The topological polar surface area (TPSA) is 38.3 Å². The quantitative estimate of drug-likeness (QED) is 0.723. The first-order valence-corrected chi connectivity index (χ1v) is 8.06. The highest BCUT2D eigenvalue weighted by Crippen LogP contribution is 2.30. The molecular formula is C19H20F3NO2. The van der Waals surface area contributed by atoms with Crippen LogP contribution in [-0.2, 0) is 17.4 Å². The Bertz CT molecular complexity index is 655. The van der Waals surface area contributed by atoms with Crippen LogP contribution in [0.2, 0.25) is 0 Å². The minimum atomic E-state index is -4.35. The molecule has 0 aromatic heterocycles. The van der Waals surface area contributed by atoms with Crippen molar-refractivity contribution in [2.24, 2.45) is 0 Å². The van der Waals surface area contributed by atoms with Gasteiger partial charge in [-0.05, 0) is 42.7 Å². The lowest BCUT2D eigenvalue weighted by Gasteiger charge is -2.10. The van der Waals surface area contributed by atoms with Crippen molar-refractivity contribution < 1.29 is 22.7 Å². The molecular weight excluding hydrogens is 331 g/mol. The van der Waals surface area contributed by atoms with Crippen LogP contribution in [-0.4, -0.2) is 19.1 Å². The van der Waals surface area contributed by atoms with Crippen LogP contribution >= 0.6 is 0 Å². The van der Waals surface area contributed by atoms with Gasteiger partial charge >= 0.3 is 6.18 Å². The van der Waals surface area contributed by atoms with E-state index in [9.17, 15) is 18.0 Å². The number of carbonyl (C=O) groups excluding carboxylic acids is 1. The van der Waals surface area contributed by atoms with Crippen molar-refractivity contribution in [1.29, 1.82) is 0 Å². The molecule has 1 N–H and O–H groups in total. The van der Waals surface area contributed by atoms with Gasteiger partial charge in [-0.15, -0.1) is 0 Å². The van der Waals surface area contributed by atoms with Crippen LogP contribution < -0.4 is 10.1 Å². The van der Waals surface area contributed by atoms with Gasteiger partial charge in [0.2, 0.25) is 5.91 Å². The maximum absolute atomic E-state index is 12.4. The molecule has 0 saturated heterocycles. The highest BCUT2D eigenvalue weighted by atomic mass is 19.4. The molecule has 0 aliphatic rings. The lowest BCUT2D eigenvalue weighted by atomic mass is 10.1. The molecule has 2 rings (SSSR count). The number of amides is 1. The highest BCUT2D eigenvalue weighted by Gasteiger charge is 2.29. The van der Waals surface area contributed by atoms with E-state index in [2.05, 4.69) is 5.32 Å². The minimum absolute atomic E-state index is 0.0630. The van der Waals surface area contributed by atoms with Crippen molar-refractivity contribution in [2.45, 2.75) is 25.4 Å². The predicted octanol–water partition coefficient (Wildman–Crippen LogP) is 4.22. The van der Waals surface area contributed by atoms with E-state index in [-0.39, 0.29) is 12.5 Å². The van der Waals surface area contributed by atoms with E-state index in [1.165, 1.54) is 17.7 Å². The summed E-state index contributed by atoms with van der Waals surface area (Å²) in [5.41, 5.74) is 0.479. The van der Waals surface area contributed by atoms with Crippen molar-refractivity contribution in [2.75, 3.05) is 13.2 Å². The number of hydrogen-bond donors (Lipinski definition) is 1. The van der Waals surface area contributed by atoms with Gasteiger partial charge in [0.1, 0.15) is 12.4 Å². The molecule has 6 heteroatoms. The summed E-state index contributed by atoms with van der Waals surface area (Å²) in [6.07, 6.45) is -2.33. The Morgan fingerprint density at radius 2 is 1.68 bits per heavy atom. The maximum atomic E-state index is 12.4. The normalized spacial score (nSPS) is 11.2. The summed E-state index contributed by atoms with van der Waals surface area (Å²) in [5.74, 6) is 0.276. The summed E-state index contributed by atoms with van der Waals surface area (Å²) in [6.45, 7) is 0.515. The maximum Gasteiger partial charge on any atom is 0.416 e. The molecule has 1 amide bonds. The lowest BCUT2D eigenvalue weighted by molar-refractivity contribution is -0.137. The number of hydrogen-bond acceptors (Lipinski definition) is 2. The number of aryl methyl sites for hydroxylation is 1. The molecule has 0 unspecified atom stereocenters. The van der Waals surface area contributed by atoms with Crippen molar-refractivity contribution in [1.82, 2.24) is 5.32 Å². The van der Waals surface area contributed by atoms with Crippen LogP contribution in [0.4, 0.5) is 13.2 Å². The van der Waals surface area contributed by atoms with E-state index in [1.54, 1.807) is 0 Å². The Labute approximate surface area is 144 Å². The largest absolute Gasteiger partial charge is 0.492 e. The Morgan fingerprint density at radius 3 is 2.32 bits per heavy atom. The third-order valence-corrected chi connectivity index (χ3v) is 3.59. The monoisotopic (exact) mass is 351 g/mol. The molecule has 0 atom stereocenters. The van der Waals surface area contributed by atoms with Gasteiger partial charge in [0.25, 0.3) is 0 Å². The Morgan fingerprint density at radius 1 is 1.00 bits per heavy atom. The zero-order valence-corrected chi connectivity index (χ0v) is 13.7. The number of halogens is 3. The summed E-state index contributed by atoms with van der Waals surface area (Å²) in [6, 6.07) is 14.4. The molecule has 0 radical (unpaired) electrons. The van der Waals surface area contributed by atoms with Gasteiger partial charge in [-0.2, -0.15) is 13.2 Å². The fourth-order valence-electron chi connectivity index (χ4n) is 2.29. The number of ether oxygens (including phenoxy) is 1. The summed E-state index contributed by atoms with van der Waals surface area (Å²) >= 11 is 0. The molecule has 0 heterocycles. The fourth-order valence-corrected chi connectivity index (χ4v) is 2.29. The molecule has 0 fully saturated rings. The van der Waals surface area contributed by atoms with E-state index < -0.39 is 11.7 Å². The lowest BCUT2D eigenvalue weighted by Crippen LogP contribution is -2.27. The minimum Gasteiger partial charge on any atom is -0.492 e. The summed E-state index contributed by atoms with van der Waals surface area (Å²) in [4.78, 5) is 11.7. The second-order valence-corrected chi connectivity index (χ2v) is 5.56. The zero-order valence-electron chi connectivity index (χ0n) is 13.7. The van der Waals surface area contributed by atoms with Crippen LogP contribution in [0.25, 0.3) is 0 Å². The first kappa shape index (κ1) is 18.8. The number of alkyl halides is 3. The van der Waals surface area contributed by atoms with E-state index in [0.29, 0.717) is 18.7 Å². The molecule has 0 aliphatic carbocycles. The van der Waals surface area contributed by atoms with Crippen LogP contribution in [0.1, 0.15) is 24.0 Å². The molecule has 2 aromatic carbocycles. The van der Waals surface area contributed by atoms with Crippen molar-refractivity contribution in [3.8, 4) is 5.75 Å². The van der Waals surface area contributed by atoms with Gasteiger partial charge in [-0.1, -0.05) is 30.3 Å². The van der Waals surface area contributed by atoms with Gasteiger partial charge < -0.3 is 10.1 Å². The number of rotatable bonds is 8. The van der Waals surface area contributed by atoms with E-state index in [4.69, 9.17) is 4.74 Å². The Kier molecular flexibility index (Phi) is 6.86. The molecule has 0 saturated carbocycles. The van der Waals surface area contributed by atoms with Crippen LogP contribution in [0.5, 0.6) is 5.75 Å². The van der Waals surface area contributed by atoms with Crippen molar-refractivity contribution in [3.63, 3.8) is 0 Å². The number of benzene rings is 2. The predicted molar refractivity (Wildman–Crippen MR) is 89.3 cm³/mol. The van der Waals surface area contributed by atoms with Crippen LogP contribution in [0.3, 0.4) is 0 Å². The van der Waals surface area contributed by atoms with Gasteiger partial charge in [-0.3, -0.25) is 4.79 Å². The van der Waals surface area contributed by atoms with Crippen molar-refractivity contribution in [3.05, 3.63) is 65.7 Å². The highest BCUT2D eigenvalue weighted by molar-refractivity contribution is 5.75. The summed E-state index contributed by atoms with van der Waals surface area (Å²) in [7, 11) is 0. The molecule has 0 spiro atoms. The second kappa shape index (κ2) is 9.11. The summed E-state index contributed by atoms with van der Waals surface area (Å²) < 4.78 is 42.6. The van der Waals surface area contributed by atoms with Crippen LogP contribution in [0, 0.1) is 0 Å². The molecule has 134 valence electrons. The summed E-state index contributed by atoms with van der Waals surface area (Å²) in [5, 5.41) is 2.73. The average molecular weight is 351 g/mol. The fraction of sp³-hybridized carbons (Fsp3) is 0.316. The second-order valence-electron chi connectivity index (χ2n) is 5.56. The molecule has 0 bridgehead atoms. The van der Waals surface area contributed by atoms with Gasteiger partial charge in [0.15, 0.2) is 0 Å². The van der Waals surface area contributed by atoms with Gasteiger partial charge in [-0.25, -0.2) is 0 Å². The Hall–Kier alpha value is -2.50. The first-order valence-electron chi connectivity index (χ1n) is 8.06. The Balaban J connectivity index is 1.60. The SMILES string of the molecule is O=C(CCCc1ccccc1)NCCOc1ccc(C(F)(F)F)cc1. The molecule has 25 heavy (non-hydrogen) atoms. The van der Waals surface area contributed by atoms with Crippen LogP contribution in [0.15, 0.2) is 54.6 Å².